The molecule has 7 heteroatoms. The van der Waals surface area contributed by atoms with Crippen LogP contribution in [0.25, 0.3) is 11.5 Å². The Morgan fingerprint density at radius 1 is 1.33 bits per heavy atom. The lowest BCUT2D eigenvalue weighted by atomic mass is 9.86. The molecule has 0 saturated heterocycles. The van der Waals surface area contributed by atoms with Crippen molar-refractivity contribution in [3.8, 4) is 11.5 Å². The molecule has 110 valence electrons. The molecule has 0 spiro atoms. The van der Waals surface area contributed by atoms with Gasteiger partial charge in [-0.05, 0) is 18.8 Å². The standard InChI is InChI=1S/C14H17N5O2/c1-9-4-2-3-5-10(9)17-13(20)14-18-12(19-21-14)11-8-15-6-7-16-11/h6-10H,2-5H2,1H3,(H,17,20)/t9-,10+/m1/s1. The molecule has 1 amide bonds. The number of aromatic nitrogens is 4. The first-order valence-corrected chi connectivity index (χ1v) is 7.15. The summed E-state index contributed by atoms with van der Waals surface area (Å²) in [6.45, 7) is 2.16. The molecule has 2 aromatic heterocycles. The van der Waals surface area contributed by atoms with Gasteiger partial charge in [-0.1, -0.05) is 24.9 Å². The summed E-state index contributed by atoms with van der Waals surface area (Å²) in [5.41, 5.74) is 0.478. The highest BCUT2D eigenvalue weighted by atomic mass is 16.5. The number of carbonyl (C=O) groups is 1. The molecule has 1 aliphatic rings. The Bertz CT molecular complexity index is 613. The van der Waals surface area contributed by atoms with E-state index in [1.807, 2.05) is 0 Å². The Kier molecular flexibility index (Phi) is 3.89. The highest BCUT2D eigenvalue weighted by Gasteiger charge is 2.25. The lowest BCUT2D eigenvalue weighted by Gasteiger charge is -2.28. The fourth-order valence-electron chi connectivity index (χ4n) is 2.60. The lowest BCUT2D eigenvalue weighted by molar-refractivity contribution is 0.0865. The van der Waals surface area contributed by atoms with Gasteiger partial charge in [0, 0.05) is 18.4 Å². The Morgan fingerprint density at radius 3 is 2.95 bits per heavy atom. The zero-order chi connectivity index (χ0) is 14.7. The second kappa shape index (κ2) is 5.99. The molecular formula is C14H17N5O2. The molecule has 1 N–H and O–H groups in total. The highest BCUT2D eigenvalue weighted by molar-refractivity contribution is 5.90. The fourth-order valence-corrected chi connectivity index (χ4v) is 2.60. The topological polar surface area (TPSA) is 93.8 Å². The van der Waals surface area contributed by atoms with E-state index in [1.165, 1.54) is 18.8 Å². The molecule has 1 saturated carbocycles. The molecule has 3 rings (SSSR count). The van der Waals surface area contributed by atoms with Gasteiger partial charge in [-0.25, -0.2) is 4.98 Å². The number of nitrogens with one attached hydrogen (secondary N) is 1. The number of amides is 1. The second-order valence-corrected chi connectivity index (χ2v) is 5.36. The van der Waals surface area contributed by atoms with E-state index in [4.69, 9.17) is 4.52 Å². The first kappa shape index (κ1) is 13.7. The predicted octanol–water partition coefficient (Wildman–Crippen LogP) is 1.84. The van der Waals surface area contributed by atoms with E-state index in [2.05, 4.69) is 32.3 Å². The summed E-state index contributed by atoms with van der Waals surface area (Å²) in [7, 11) is 0. The molecule has 0 unspecified atom stereocenters. The SMILES string of the molecule is C[C@@H]1CCCC[C@@H]1NC(=O)c1nc(-c2cnccn2)no1. The molecule has 2 aromatic rings. The summed E-state index contributed by atoms with van der Waals surface area (Å²) in [4.78, 5) is 24.2. The van der Waals surface area contributed by atoms with Crippen molar-refractivity contribution in [1.82, 2.24) is 25.4 Å². The first-order valence-electron chi connectivity index (χ1n) is 7.15. The molecule has 2 atom stereocenters. The summed E-state index contributed by atoms with van der Waals surface area (Å²) < 4.78 is 5.02. The number of hydrogen-bond acceptors (Lipinski definition) is 6. The van der Waals surface area contributed by atoms with Gasteiger partial charge in [0.25, 0.3) is 0 Å². The van der Waals surface area contributed by atoms with Crippen LogP contribution in [0.1, 0.15) is 43.3 Å². The second-order valence-electron chi connectivity index (χ2n) is 5.36. The number of carbonyl (C=O) groups excluding carboxylic acids is 1. The minimum Gasteiger partial charge on any atom is -0.345 e. The van der Waals surface area contributed by atoms with E-state index in [1.54, 1.807) is 6.20 Å². The van der Waals surface area contributed by atoms with E-state index < -0.39 is 0 Å². The van der Waals surface area contributed by atoms with Crippen LogP contribution in [-0.4, -0.2) is 32.1 Å². The smallest absolute Gasteiger partial charge is 0.316 e. The van der Waals surface area contributed by atoms with Crippen LogP contribution in [0, 0.1) is 5.92 Å². The van der Waals surface area contributed by atoms with Crippen molar-refractivity contribution in [3.05, 3.63) is 24.5 Å². The fraction of sp³-hybridized carbons (Fsp3) is 0.500. The van der Waals surface area contributed by atoms with Gasteiger partial charge in [0.2, 0.25) is 5.82 Å². The third-order valence-corrected chi connectivity index (χ3v) is 3.84. The van der Waals surface area contributed by atoms with Crippen LogP contribution in [0.4, 0.5) is 0 Å². The van der Waals surface area contributed by atoms with Crippen molar-refractivity contribution in [2.24, 2.45) is 5.92 Å². The molecule has 0 aromatic carbocycles. The van der Waals surface area contributed by atoms with Crippen molar-refractivity contribution < 1.29 is 9.32 Å². The monoisotopic (exact) mass is 287 g/mol. The Labute approximate surface area is 122 Å². The minimum absolute atomic E-state index is 0.0339. The average Bonchev–Trinajstić information content (AvgIpc) is 3.00. The molecule has 1 fully saturated rings. The lowest BCUT2D eigenvalue weighted by Crippen LogP contribution is -2.41. The summed E-state index contributed by atoms with van der Waals surface area (Å²) >= 11 is 0. The molecule has 1 aliphatic carbocycles. The Hall–Kier alpha value is -2.31. The highest BCUT2D eigenvalue weighted by Crippen LogP contribution is 2.24. The number of nitrogens with zero attached hydrogens (tertiary/aromatic N) is 4. The van der Waals surface area contributed by atoms with Crippen LogP contribution in [0.5, 0.6) is 0 Å². The maximum atomic E-state index is 12.2. The van der Waals surface area contributed by atoms with Crippen molar-refractivity contribution in [2.45, 2.75) is 38.6 Å². The van der Waals surface area contributed by atoms with Crippen molar-refractivity contribution in [1.29, 1.82) is 0 Å². The average molecular weight is 287 g/mol. The zero-order valence-electron chi connectivity index (χ0n) is 11.8. The van der Waals surface area contributed by atoms with E-state index in [0.29, 0.717) is 11.6 Å². The van der Waals surface area contributed by atoms with E-state index in [-0.39, 0.29) is 23.7 Å². The quantitative estimate of drug-likeness (QED) is 0.925. The normalized spacial score (nSPS) is 22.0. The maximum Gasteiger partial charge on any atom is 0.316 e. The molecule has 0 bridgehead atoms. The van der Waals surface area contributed by atoms with Crippen LogP contribution in [0.2, 0.25) is 0 Å². The third-order valence-electron chi connectivity index (χ3n) is 3.84. The number of rotatable bonds is 3. The molecular weight excluding hydrogens is 270 g/mol. The van der Waals surface area contributed by atoms with Crippen LogP contribution < -0.4 is 5.32 Å². The van der Waals surface area contributed by atoms with Gasteiger partial charge in [-0.3, -0.25) is 9.78 Å². The van der Waals surface area contributed by atoms with Crippen molar-refractivity contribution in [2.75, 3.05) is 0 Å². The zero-order valence-corrected chi connectivity index (χ0v) is 11.8. The molecule has 2 heterocycles. The third kappa shape index (κ3) is 3.07. The Balaban J connectivity index is 1.69. The molecule has 0 aliphatic heterocycles. The van der Waals surface area contributed by atoms with Crippen molar-refractivity contribution in [3.63, 3.8) is 0 Å². The van der Waals surface area contributed by atoms with E-state index in [9.17, 15) is 4.79 Å². The van der Waals surface area contributed by atoms with Gasteiger partial charge in [0.1, 0.15) is 5.69 Å². The first-order chi connectivity index (χ1) is 10.2. The Morgan fingerprint density at radius 2 is 2.19 bits per heavy atom. The van der Waals surface area contributed by atoms with Gasteiger partial charge in [0.05, 0.1) is 6.20 Å². The van der Waals surface area contributed by atoms with Crippen LogP contribution in [-0.2, 0) is 0 Å². The summed E-state index contributed by atoms with van der Waals surface area (Å²) in [5.74, 6) is 0.389. The van der Waals surface area contributed by atoms with Gasteiger partial charge in [-0.2, -0.15) is 4.98 Å². The summed E-state index contributed by atoms with van der Waals surface area (Å²) in [6, 6.07) is 0.179. The van der Waals surface area contributed by atoms with Gasteiger partial charge in [-0.15, -0.1) is 0 Å². The molecule has 21 heavy (non-hydrogen) atoms. The molecule has 0 radical (unpaired) electrons. The van der Waals surface area contributed by atoms with Crippen LogP contribution in [0.15, 0.2) is 23.1 Å². The summed E-state index contributed by atoms with van der Waals surface area (Å²) in [6.07, 6.45) is 9.12. The maximum absolute atomic E-state index is 12.2. The van der Waals surface area contributed by atoms with E-state index >= 15 is 0 Å². The molecule has 7 nitrogen and oxygen atoms in total. The van der Waals surface area contributed by atoms with Gasteiger partial charge >= 0.3 is 11.8 Å². The van der Waals surface area contributed by atoms with E-state index in [0.717, 1.165) is 19.3 Å². The minimum atomic E-state index is -0.323. The van der Waals surface area contributed by atoms with Gasteiger partial charge < -0.3 is 9.84 Å². The van der Waals surface area contributed by atoms with Crippen molar-refractivity contribution >= 4 is 5.91 Å². The largest absolute Gasteiger partial charge is 0.345 e. The van der Waals surface area contributed by atoms with Gasteiger partial charge in [0.15, 0.2) is 0 Å². The van der Waals surface area contributed by atoms with Crippen LogP contribution in [0.3, 0.4) is 0 Å². The van der Waals surface area contributed by atoms with Crippen LogP contribution >= 0.6 is 0 Å². The number of hydrogen-bond donors (Lipinski definition) is 1. The predicted molar refractivity (Wildman–Crippen MR) is 74.2 cm³/mol. The summed E-state index contributed by atoms with van der Waals surface area (Å²) in [5, 5.41) is 6.75.